The van der Waals surface area contributed by atoms with Gasteiger partial charge in [0.1, 0.15) is 0 Å². The number of carbonyl (C=O) groups excluding carboxylic acids is 3. The van der Waals surface area contributed by atoms with Gasteiger partial charge in [0, 0.05) is 16.5 Å². The number of hydrogen-bond acceptors (Lipinski definition) is 5. The summed E-state index contributed by atoms with van der Waals surface area (Å²) in [6.45, 7) is 5.28. The van der Waals surface area contributed by atoms with Crippen LogP contribution < -0.4 is 5.32 Å². The predicted octanol–water partition coefficient (Wildman–Crippen LogP) is 3.60. The lowest BCUT2D eigenvalue weighted by molar-refractivity contribution is -0.165. The summed E-state index contributed by atoms with van der Waals surface area (Å²) in [5.41, 5.74) is -0.0420. The molecular weight excluding hydrogens is 438 g/mol. The van der Waals surface area contributed by atoms with E-state index in [0.717, 1.165) is 10.0 Å². The van der Waals surface area contributed by atoms with Crippen molar-refractivity contribution < 1.29 is 23.9 Å². The number of ether oxygens (including phenoxy) is 2. The molecule has 29 heavy (non-hydrogen) atoms. The van der Waals surface area contributed by atoms with E-state index in [1.807, 2.05) is 13.0 Å². The van der Waals surface area contributed by atoms with Crippen molar-refractivity contribution in [2.75, 3.05) is 13.2 Å². The minimum Gasteiger partial charge on any atom is -0.464 e. The molecule has 0 heterocycles. The lowest BCUT2D eigenvalue weighted by Gasteiger charge is -2.30. The highest BCUT2D eigenvalue weighted by atomic mass is 79.9. The van der Waals surface area contributed by atoms with E-state index in [1.165, 1.54) is 0 Å². The summed E-state index contributed by atoms with van der Waals surface area (Å²) in [5, 5.41) is 2.60. The molecule has 0 saturated heterocycles. The maximum atomic E-state index is 12.9. The fourth-order valence-electron chi connectivity index (χ4n) is 2.81. The quantitative estimate of drug-likeness (QED) is 0.479. The highest BCUT2D eigenvalue weighted by molar-refractivity contribution is 9.10. The van der Waals surface area contributed by atoms with Crippen LogP contribution in [0.1, 0.15) is 35.3 Å². The Morgan fingerprint density at radius 2 is 1.55 bits per heavy atom. The van der Waals surface area contributed by atoms with Gasteiger partial charge in [-0.1, -0.05) is 45.8 Å². The summed E-state index contributed by atoms with van der Waals surface area (Å²) in [6.07, 6.45) is -0.109. The Kier molecular flexibility index (Phi) is 7.96. The molecule has 0 fully saturated rings. The van der Waals surface area contributed by atoms with Crippen molar-refractivity contribution in [3.8, 4) is 0 Å². The molecule has 0 radical (unpaired) electrons. The first kappa shape index (κ1) is 22.6. The minimum absolute atomic E-state index is 0.0544. The maximum Gasteiger partial charge on any atom is 0.344 e. The highest BCUT2D eigenvalue weighted by Crippen LogP contribution is 2.22. The zero-order valence-electron chi connectivity index (χ0n) is 16.7. The number of halogens is 1. The summed E-state index contributed by atoms with van der Waals surface area (Å²) >= 11 is 3.38. The summed E-state index contributed by atoms with van der Waals surface area (Å²) in [4.78, 5) is 38.8. The van der Waals surface area contributed by atoms with Gasteiger partial charge in [-0.15, -0.1) is 0 Å². The third-order valence-electron chi connectivity index (χ3n) is 4.25. The molecule has 0 atom stereocenters. The molecule has 0 spiro atoms. The van der Waals surface area contributed by atoms with Crippen LogP contribution in [0.4, 0.5) is 0 Å². The van der Waals surface area contributed by atoms with E-state index >= 15 is 0 Å². The van der Waals surface area contributed by atoms with Crippen molar-refractivity contribution >= 4 is 33.8 Å². The van der Waals surface area contributed by atoms with Gasteiger partial charge >= 0.3 is 11.9 Å². The third kappa shape index (κ3) is 5.67. The molecular formula is C22H24BrNO5. The second-order valence-corrected chi connectivity index (χ2v) is 7.39. The van der Waals surface area contributed by atoms with Crippen molar-refractivity contribution in [3.05, 3.63) is 69.7 Å². The molecule has 2 aromatic rings. The Hall–Kier alpha value is -2.67. The fourth-order valence-corrected chi connectivity index (χ4v) is 3.25. The van der Waals surface area contributed by atoms with Crippen molar-refractivity contribution in [2.24, 2.45) is 0 Å². The summed E-state index contributed by atoms with van der Waals surface area (Å²) in [5.74, 6) is -2.29. The normalized spacial score (nSPS) is 10.9. The number of amides is 1. The SMILES string of the molecule is CCOC(=O)C(Cc1cccc(Br)c1)(NC(=O)c1ccc(C)cc1)C(=O)OCC. The van der Waals surface area contributed by atoms with Gasteiger partial charge in [-0.25, -0.2) is 9.59 Å². The number of nitrogens with one attached hydrogen (secondary N) is 1. The Morgan fingerprint density at radius 3 is 2.07 bits per heavy atom. The first-order valence-corrected chi connectivity index (χ1v) is 10.1. The van der Waals surface area contributed by atoms with Crippen LogP contribution in [-0.2, 0) is 25.5 Å². The second-order valence-electron chi connectivity index (χ2n) is 6.47. The van der Waals surface area contributed by atoms with Crippen LogP contribution in [0.5, 0.6) is 0 Å². The van der Waals surface area contributed by atoms with Crippen LogP contribution in [0, 0.1) is 6.92 Å². The van der Waals surface area contributed by atoms with Gasteiger partial charge in [-0.2, -0.15) is 0 Å². The Labute approximate surface area is 178 Å². The summed E-state index contributed by atoms with van der Waals surface area (Å²) < 4.78 is 11.1. The van der Waals surface area contributed by atoms with E-state index in [0.29, 0.717) is 11.1 Å². The van der Waals surface area contributed by atoms with Crippen molar-refractivity contribution in [1.29, 1.82) is 0 Å². The number of carbonyl (C=O) groups is 3. The molecule has 6 nitrogen and oxygen atoms in total. The zero-order valence-corrected chi connectivity index (χ0v) is 18.2. The number of rotatable bonds is 8. The molecule has 0 aliphatic rings. The number of aryl methyl sites for hydroxylation is 1. The molecule has 0 bridgehead atoms. The molecule has 2 aromatic carbocycles. The molecule has 0 unspecified atom stereocenters. The molecule has 1 amide bonds. The average molecular weight is 462 g/mol. The maximum absolute atomic E-state index is 12.9. The van der Waals surface area contributed by atoms with Gasteiger partial charge < -0.3 is 14.8 Å². The molecule has 7 heteroatoms. The number of hydrogen-bond donors (Lipinski definition) is 1. The van der Waals surface area contributed by atoms with Gasteiger partial charge in [-0.3, -0.25) is 4.79 Å². The second kappa shape index (κ2) is 10.2. The van der Waals surface area contributed by atoms with Crippen LogP contribution in [0.2, 0.25) is 0 Å². The van der Waals surface area contributed by atoms with Crippen LogP contribution in [-0.4, -0.2) is 36.6 Å². The first-order chi connectivity index (χ1) is 13.8. The topological polar surface area (TPSA) is 81.7 Å². The van der Waals surface area contributed by atoms with E-state index in [4.69, 9.17) is 9.47 Å². The monoisotopic (exact) mass is 461 g/mol. The Morgan fingerprint density at radius 1 is 0.966 bits per heavy atom. The highest BCUT2D eigenvalue weighted by Gasteiger charge is 2.50. The Bertz CT molecular complexity index is 861. The van der Waals surface area contributed by atoms with Crippen molar-refractivity contribution in [1.82, 2.24) is 5.32 Å². The third-order valence-corrected chi connectivity index (χ3v) is 4.74. The lowest BCUT2D eigenvalue weighted by atomic mass is 9.90. The van der Waals surface area contributed by atoms with Gasteiger partial charge in [0.2, 0.25) is 5.54 Å². The molecule has 0 saturated carbocycles. The van der Waals surface area contributed by atoms with Crippen LogP contribution in [0.25, 0.3) is 0 Å². The van der Waals surface area contributed by atoms with E-state index in [1.54, 1.807) is 56.3 Å². The minimum atomic E-state index is -2.01. The summed E-state index contributed by atoms with van der Waals surface area (Å²) in [7, 11) is 0. The Balaban J connectivity index is 2.50. The van der Waals surface area contributed by atoms with Gasteiger partial charge in [0.15, 0.2) is 0 Å². The first-order valence-electron chi connectivity index (χ1n) is 9.30. The largest absolute Gasteiger partial charge is 0.464 e. The van der Waals surface area contributed by atoms with Gasteiger partial charge in [-0.05, 0) is 50.6 Å². The van der Waals surface area contributed by atoms with Crippen LogP contribution in [0.3, 0.4) is 0 Å². The average Bonchev–Trinajstić information content (AvgIpc) is 2.68. The molecule has 0 aliphatic carbocycles. The molecule has 1 N–H and O–H groups in total. The smallest absolute Gasteiger partial charge is 0.344 e. The number of esters is 2. The van der Waals surface area contributed by atoms with Crippen molar-refractivity contribution in [2.45, 2.75) is 32.7 Å². The van der Waals surface area contributed by atoms with E-state index < -0.39 is 23.4 Å². The van der Waals surface area contributed by atoms with Crippen LogP contribution >= 0.6 is 15.9 Å². The lowest BCUT2D eigenvalue weighted by Crippen LogP contribution is -2.63. The summed E-state index contributed by atoms with van der Waals surface area (Å²) in [6, 6.07) is 13.9. The van der Waals surface area contributed by atoms with Crippen molar-refractivity contribution in [3.63, 3.8) is 0 Å². The number of benzene rings is 2. The van der Waals surface area contributed by atoms with Gasteiger partial charge in [0.05, 0.1) is 13.2 Å². The molecule has 0 aromatic heterocycles. The van der Waals surface area contributed by atoms with Crippen LogP contribution in [0.15, 0.2) is 53.0 Å². The molecule has 2 rings (SSSR count). The predicted molar refractivity (Wildman–Crippen MR) is 112 cm³/mol. The molecule has 0 aliphatic heterocycles. The van der Waals surface area contributed by atoms with E-state index in [9.17, 15) is 14.4 Å². The zero-order chi connectivity index (χ0) is 21.4. The fraction of sp³-hybridized carbons (Fsp3) is 0.318. The molecule has 154 valence electrons. The van der Waals surface area contributed by atoms with E-state index in [-0.39, 0.29) is 19.6 Å². The standard InChI is InChI=1S/C22H24BrNO5/c1-4-28-20(26)22(21(27)29-5-2,14-16-7-6-8-18(23)13-16)24-19(25)17-11-9-15(3)10-12-17/h6-13H,4-5,14H2,1-3H3,(H,24,25). The van der Waals surface area contributed by atoms with Gasteiger partial charge in [0.25, 0.3) is 5.91 Å². The van der Waals surface area contributed by atoms with E-state index in [2.05, 4.69) is 21.2 Å².